The molecule has 0 radical (unpaired) electrons. The van der Waals surface area contributed by atoms with Crippen LogP contribution in [-0.4, -0.2) is 43.3 Å². The van der Waals surface area contributed by atoms with Gasteiger partial charge in [0.1, 0.15) is 16.7 Å². The molecule has 52 heavy (non-hydrogen) atoms. The zero-order valence-corrected chi connectivity index (χ0v) is 27.7. The average Bonchev–Trinajstić information content (AvgIpc) is 3.91. The quantitative estimate of drug-likeness (QED) is 0.171. The first-order chi connectivity index (χ1) is 25.8. The molecule has 12 rings (SSSR count). The number of hydrogen-bond acceptors (Lipinski definition) is 6. The maximum atomic E-state index is 5.26. The lowest BCUT2D eigenvalue weighted by atomic mass is 9.96. The van der Waals surface area contributed by atoms with E-state index in [1.807, 2.05) is 67.1 Å². The van der Waals surface area contributed by atoms with Gasteiger partial charge in [-0.25, -0.2) is 15.0 Å². The number of pyridine rings is 5. The van der Waals surface area contributed by atoms with E-state index in [0.29, 0.717) is 0 Å². The predicted molar refractivity (Wildman–Crippen MR) is 207 cm³/mol. The van der Waals surface area contributed by atoms with Crippen molar-refractivity contribution in [1.82, 2.24) is 43.3 Å². The fourth-order valence-corrected chi connectivity index (χ4v) is 8.44. The molecule has 9 heteroatoms. The van der Waals surface area contributed by atoms with Crippen molar-refractivity contribution in [3.05, 3.63) is 139 Å². The Morgan fingerprint density at radius 1 is 0.462 bits per heavy atom. The van der Waals surface area contributed by atoms with E-state index in [4.69, 9.17) is 29.9 Å². The van der Waals surface area contributed by atoms with E-state index >= 15 is 0 Å². The van der Waals surface area contributed by atoms with Crippen molar-refractivity contribution in [1.29, 1.82) is 0 Å². The summed E-state index contributed by atoms with van der Waals surface area (Å²) in [6, 6.07) is 39.3. The molecule has 0 amide bonds. The van der Waals surface area contributed by atoms with Crippen molar-refractivity contribution in [2.24, 2.45) is 0 Å². The van der Waals surface area contributed by atoms with Crippen LogP contribution in [0, 0.1) is 6.92 Å². The molecular weight excluding hydrogens is 643 g/mol. The molecule has 0 N–H and O–H groups in total. The second kappa shape index (κ2) is 9.92. The molecular formula is C43H25N9. The monoisotopic (exact) mass is 667 g/mol. The third-order valence-electron chi connectivity index (χ3n) is 10.5. The van der Waals surface area contributed by atoms with E-state index in [2.05, 4.69) is 87.0 Å². The number of rotatable bonds is 2. The van der Waals surface area contributed by atoms with Gasteiger partial charge in [0, 0.05) is 40.1 Å². The summed E-state index contributed by atoms with van der Waals surface area (Å²) < 4.78 is 6.91. The van der Waals surface area contributed by atoms with Crippen molar-refractivity contribution in [3.8, 4) is 17.2 Å². The van der Waals surface area contributed by atoms with Crippen molar-refractivity contribution in [2.75, 3.05) is 0 Å². The number of fused-ring (bicyclic) bond motifs is 18. The number of para-hydroxylation sites is 6. The minimum Gasteiger partial charge on any atom is -0.290 e. The van der Waals surface area contributed by atoms with Crippen LogP contribution in [0.25, 0.3) is 105 Å². The molecule has 0 saturated heterocycles. The molecule has 0 aliphatic heterocycles. The Kier molecular flexibility index (Phi) is 5.26. The fourth-order valence-electron chi connectivity index (χ4n) is 8.44. The van der Waals surface area contributed by atoms with Crippen molar-refractivity contribution < 1.29 is 0 Å². The topological polar surface area (TPSA) is 91.1 Å². The molecule has 0 atom stereocenters. The summed E-state index contributed by atoms with van der Waals surface area (Å²) in [5.74, 6) is 0.757. The molecule has 0 spiro atoms. The van der Waals surface area contributed by atoms with Gasteiger partial charge in [0.15, 0.2) is 17.1 Å². The number of aryl methyl sites for hydroxylation is 1. The SMILES string of the molecule is Cc1c(-n2c(-c3ccccn3)nc3ccccc32)c2c3cccnc3c3nc4ccccc4n3c2c2c3cccnc3c3nc4ccccc4n3c12. The van der Waals surface area contributed by atoms with Crippen LogP contribution in [0.5, 0.6) is 0 Å². The van der Waals surface area contributed by atoms with Gasteiger partial charge in [-0.3, -0.25) is 28.3 Å². The number of aromatic nitrogens is 9. The molecule has 9 nitrogen and oxygen atoms in total. The fraction of sp³-hybridized carbons (Fsp3) is 0.0233. The Labute approximate surface area is 294 Å². The summed E-state index contributed by atoms with van der Waals surface area (Å²) >= 11 is 0. The lowest BCUT2D eigenvalue weighted by molar-refractivity contribution is 1.08. The minimum atomic E-state index is 0.757. The molecule has 8 aromatic heterocycles. The van der Waals surface area contributed by atoms with Crippen LogP contribution < -0.4 is 0 Å². The number of imidazole rings is 3. The molecule has 0 unspecified atom stereocenters. The lowest BCUT2D eigenvalue weighted by Crippen LogP contribution is -2.08. The zero-order valence-electron chi connectivity index (χ0n) is 27.7. The Balaban J connectivity index is 1.49. The summed E-state index contributed by atoms with van der Waals surface area (Å²) in [6.45, 7) is 2.23. The third-order valence-corrected chi connectivity index (χ3v) is 10.5. The smallest absolute Gasteiger partial charge is 0.165 e. The van der Waals surface area contributed by atoms with Gasteiger partial charge in [0.25, 0.3) is 0 Å². The summed E-state index contributed by atoms with van der Waals surface area (Å²) in [7, 11) is 0. The summed E-state index contributed by atoms with van der Waals surface area (Å²) in [5.41, 5.74) is 13.9. The van der Waals surface area contributed by atoms with Gasteiger partial charge in [-0.2, -0.15) is 0 Å². The van der Waals surface area contributed by atoms with Crippen molar-refractivity contribution in [3.63, 3.8) is 0 Å². The minimum absolute atomic E-state index is 0.757. The standard InChI is InChI=1S/C43H25N9/c1-24-38(50-31-18-5-2-14-27(31)47-41(50)30-17-8-9-21-44-30)34-25-12-10-23-46-37(25)43-49-29-16-4-7-20-33(29)52(43)40(34)35-26-13-11-22-45-36(26)42-48-28-15-3-6-19-32(28)51(42)39(24)35/h2-23H,1H3. The average molecular weight is 668 g/mol. The second-order valence-electron chi connectivity index (χ2n) is 13.2. The first-order valence-electron chi connectivity index (χ1n) is 17.2. The van der Waals surface area contributed by atoms with Gasteiger partial charge >= 0.3 is 0 Å². The Morgan fingerprint density at radius 3 is 1.63 bits per heavy atom. The first kappa shape index (κ1) is 27.5. The van der Waals surface area contributed by atoms with Gasteiger partial charge < -0.3 is 0 Å². The molecule has 0 bridgehead atoms. The zero-order chi connectivity index (χ0) is 34.1. The van der Waals surface area contributed by atoms with Crippen molar-refractivity contribution >= 4 is 88.0 Å². The number of benzene rings is 4. The first-order valence-corrected chi connectivity index (χ1v) is 17.2. The van der Waals surface area contributed by atoms with Crippen LogP contribution >= 0.6 is 0 Å². The van der Waals surface area contributed by atoms with Crippen LogP contribution in [0.3, 0.4) is 0 Å². The highest BCUT2D eigenvalue weighted by atomic mass is 15.1. The maximum Gasteiger partial charge on any atom is 0.165 e. The molecule has 0 aliphatic rings. The van der Waals surface area contributed by atoms with E-state index in [0.717, 1.165) is 111 Å². The highest BCUT2D eigenvalue weighted by Crippen LogP contribution is 2.46. The highest BCUT2D eigenvalue weighted by molar-refractivity contribution is 6.30. The Hall–Kier alpha value is -7.26. The van der Waals surface area contributed by atoms with Crippen LogP contribution in [0.4, 0.5) is 0 Å². The second-order valence-corrected chi connectivity index (χ2v) is 13.2. The van der Waals surface area contributed by atoms with Gasteiger partial charge in [-0.1, -0.05) is 54.6 Å². The van der Waals surface area contributed by atoms with Gasteiger partial charge in [-0.15, -0.1) is 0 Å². The predicted octanol–water partition coefficient (Wildman–Crippen LogP) is 9.40. The van der Waals surface area contributed by atoms with Gasteiger partial charge in [0.2, 0.25) is 0 Å². The van der Waals surface area contributed by atoms with Crippen molar-refractivity contribution in [2.45, 2.75) is 6.92 Å². The van der Waals surface area contributed by atoms with Crippen LogP contribution in [0.15, 0.2) is 134 Å². The molecule has 0 fully saturated rings. The normalized spacial score (nSPS) is 12.3. The molecule has 12 aromatic rings. The summed E-state index contributed by atoms with van der Waals surface area (Å²) in [4.78, 5) is 30.6. The van der Waals surface area contributed by atoms with E-state index in [9.17, 15) is 0 Å². The van der Waals surface area contributed by atoms with E-state index < -0.39 is 0 Å². The Morgan fingerprint density at radius 2 is 1.00 bits per heavy atom. The number of nitrogens with zero attached hydrogens (tertiary/aromatic N) is 9. The van der Waals surface area contributed by atoms with Crippen LogP contribution in [-0.2, 0) is 0 Å². The highest BCUT2D eigenvalue weighted by Gasteiger charge is 2.28. The largest absolute Gasteiger partial charge is 0.290 e. The molecule has 0 saturated carbocycles. The Bertz CT molecular complexity index is 3480. The third kappa shape index (κ3) is 3.41. The lowest BCUT2D eigenvalue weighted by Gasteiger charge is -2.22. The molecule has 4 aromatic carbocycles. The summed E-state index contributed by atoms with van der Waals surface area (Å²) in [5, 5.41) is 4.12. The molecule has 8 heterocycles. The van der Waals surface area contributed by atoms with E-state index in [1.165, 1.54) is 0 Å². The maximum absolute atomic E-state index is 5.26. The van der Waals surface area contributed by atoms with Crippen LogP contribution in [0.1, 0.15) is 5.56 Å². The number of hydrogen-bond donors (Lipinski definition) is 0. The van der Waals surface area contributed by atoms with Crippen LogP contribution in [0.2, 0.25) is 0 Å². The molecule has 242 valence electrons. The molecule has 0 aliphatic carbocycles. The van der Waals surface area contributed by atoms with Gasteiger partial charge in [0.05, 0.1) is 49.8 Å². The van der Waals surface area contributed by atoms with E-state index in [-0.39, 0.29) is 0 Å². The summed E-state index contributed by atoms with van der Waals surface area (Å²) in [6.07, 6.45) is 5.54. The van der Waals surface area contributed by atoms with Gasteiger partial charge in [-0.05, 0) is 73.2 Å². The van der Waals surface area contributed by atoms with E-state index in [1.54, 1.807) is 0 Å².